The van der Waals surface area contributed by atoms with Crippen LogP contribution in [0.25, 0.3) is 0 Å². The summed E-state index contributed by atoms with van der Waals surface area (Å²) in [5.74, 6) is 0.884. The maximum atomic E-state index is 9.29. The number of pyridine rings is 1. The number of aliphatic hydroxyl groups excluding tert-OH is 1. The van der Waals surface area contributed by atoms with Gasteiger partial charge in [0.2, 0.25) is 0 Å². The van der Waals surface area contributed by atoms with E-state index in [2.05, 4.69) is 11.6 Å². The molecule has 14 heavy (non-hydrogen) atoms. The fourth-order valence-electron chi connectivity index (χ4n) is 1.16. The SMILES string of the molecule is C=CCN(C)c1ccc([C@H](C)O)cn1. The highest BCUT2D eigenvalue weighted by molar-refractivity contribution is 5.39. The van der Waals surface area contributed by atoms with Crippen LogP contribution in [0.4, 0.5) is 5.82 Å². The van der Waals surface area contributed by atoms with Gasteiger partial charge in [-0.2, -0.15) is 0 Å². The number of aromatic nitrogens is 1. The monoisotopic (exact) mass is 192 g/mol. The molecule has 1 atom stereocenters. The zero-order valence-electron chi connectivity index (χ0n) is 8.64. The standard InChI is InChI=1S/C11H16N2O/c1-4-7-13(3)11-6-5-10(8-12-11)9(2)14/h4-6,8-9,14H,1,7H2,2-3H3/t9-/m0/s1. The quantitative estimate of drug-likeness (QED) is 0.738. The smallest absolute Gasteiger partial charge is 0.128 e. The van der Waals surface area contributed by atoms with Gasteiger partial charge in [0.15, 0.2) is 0 Å². The Hall–Kier alpha value is -1.35. The molecule has 0 bridgehead atoms. The van der Waals surface area contributed by atoms with Crippen molar-refractivity contribution < 1.29 is 5.11 Å². The molecule has 0 saturated heterocycles. The maximum absolute atomic E-state index is 9.29. The lowest BCUT2D eigenvalue weighted by Gasteiger charge is -2.16. The van der Waals surface area contributed by atoms with E-state index >= 15 is 0 Å². The molecule has 0 radical (unpaired) electrons. The van der Waals surface area contributed by atoms with Crippen LogP contribution < -0.4 is 4.90 Å². The molecule has 0 unspecified atom stereocenters. The average molecular weight is 192 g/mol. The molecule has 1 aromatic rings. The van der Waals surface area contributed by atoms with Crippen LogP contribution in [0.15, 0.2) is 31.0 Å². The normalized spacial score (nSPS) is 12.2. The molecule has 0 aliphatic rings. The molecule has 1 heterocycles. The van der Waals surface area contributed by atoms with Gasteiger partial charge in [0.1, 0.15) is 5.82 Å². The molecular weight excluding hydrogens is 176 g/mol. The van der Waals surface area contributed by atoms with Gasteiger partial charge in [0.25, 0.3) is 0 Å². The van der Waals surface area contributed by atoms with Gasteiger partial charge in [-0.05, 0) is 18.6 Å². The van der Waals surface area contributed by atoms with Gasteiger partial charge < -0.3 is 10.0 Å². The van der Waals surface area contributed by atoms with Crippen LogP contribution in [0, 0.1) is 0 Å². The summed E-state index contributed by atoms with van der Waals surface area (Å²) in [7, 11) is 1.95. The van der Waals surface area contributed by atoms with Gasteiger partial charge in [0, 0.05) is 19.8 Å². The topological polar surface area (TPSA) is 36.4 Å². The summed E-state index contributed by atoms with van der Waals surface area (Å²) in [6.45, 7) is 6.15. The van der Waals surface area contributed by atoms with Crippen molar-refractivity contribution in [2.24, 2.45) is 0 Å². The highest BCUT2D eigenvalue weighted by atomic mass is 16.3. The molecule has 0 aromatic carbocycles. The first-order chi connectivity index (χ1) is 6.65. The van der Waals surface area contributed by atoms with Gasteiger partial charge in [-0.15, -0.1) is 6.58 Å². The van der Waals surface area contributed by atoms with Gasteiger partial charge in [-0.25, -0.2) is 4.98 Å². The van der Waals surface area contributed by atoms with Crippen LogP contribution in [0.1, 0.15) is 18.6 Å². The van der Waals surface area contributed by atoms with E-state index < -0.39 is 6.10 Å². The lowest BCUT2D eigenvalue weighted by Crippen LogP contribution is -2.17. The molecule has 0 aliphatic carbocycles. The van der Waals surface area contributed by atoms with Crippen LogP contribution >= 0.6 is 0 Å². The van der Waals surface area contributed by atoms with Crippen molar-refractivity contribution in [1.82, 2.24) is 4.98 Å². The number of hydrogen-bond acceptors (Lipinski definition) is 3. The summed E-state index contributed by atoms with van der Waals surface area (Å²) >= 11 is 0. The molecule has 3 nitrogen and oxygen atoms in total. The van der Waals surface area contributed by atoms with Crippen LogP contribution in [0.3, 0.4) is 0 Å². The first-order valence-corrected chi connectivity index (χ1v) is 4.61. The molecular formula is C11H16N2O. The van der Waals surface area contributed by atoms with Crippen molar-refractivity contribution in [3.05, 3.63) is 36.5 Å². The average Bonchev–Trinajstić information content (AvgIpc) is 2.18. The van der Waals surface area contributed by atoms with E-state index in [1.807, 2.05) is 30.2 Å². The molecule has 0 aliphatic heterocycles. The summed E-state index contributed by atoms with van der Waals surface area (Å²) < 4.78 is 0. The molecule has 0 spiro atoms. The van der Waals surface area contributed by atoms with Gasteiger partial charge in [0.05, 0.1) is 6.10 Å². The van der Waals surface area contributed by atoms with Crippen LogP contribution in [-0.4, -0.2) is 23.7 Å². The summed E-state index contributed by atoms with van der Waals surface area (Å²) in [5, 5.41) is 9.29. The Balaban J connectivity index is 2.77. The molecule has 76 valence electrons. The first-order valence-electron chi connectivity index (χ1n) is 4.61. The van der Waals surface area contributed by atoms with Gasteiger partial charge >= 0.3 is 0 Å². The van der Waals surface area contributed by atoms with E-state index in [-0.39, 0.29) is 0 Å². The zero-order valence-corrected chi connectivity index (χ0v) is 8.64. The van der Waals surface area contributed by atoms with Gasteiger partial charge in [-0.3, -0.25) is 0 Å². The Morgan fingerprint density at radius 2 is 2.36 bits per heavy atom. The third-order valence-electron chi connectivity index (χ3n) is 2.05. The molecule has 0 amide bonds. The summed E-state index contributed by atoms with van der Waals surface area (Å²) in [6.07, 6.45) is 3.06. The van der Waals surface area contributed by atoms with Gasteiger partial charge in [-0.1, -0.05) is 12.1 Å². The highest BCUT2D eigenvalue weighted by Crippen LogP contribution is 2.14. The lowest BCUT2D eigenvalue weighted by molar-refractivity contribution is 0.199. The Bertz CT molecular complexity index is 293. The zero-order chi connectivity index (χ0) is 10.6. The fourth-order valence-corrected chi connectivity index (χ4v) is 1.16. The molecule has 0 saturated carbocycles. The van der Waals surface area contributed by atoms with E-state index in [9.17, 15) is 5.11 Å². The van der Waals surface area contributed by atoms with E-state index in [0.29, 0.717) is 0 Å². The predicted molar refractivity (Wildman–Crippen MR) is 58.3 cm³/mol. The van der Waals surface area contributed by atoms with E-state index in [1.54, 1.807) is 13.1 Å². The van der Waals surface area contributed by atoms with Crippen molar-refractivity contribution in [3.63, 3.8) is 0 Å². The number of likely N-dealkylation sites (N-methyl/N-ethyl adjacent to an activating group) is 1. The second-order valence-electron chi connectivity index (χ2n) is 3.29. The van der Waals surface area contributed by atoms with Crippen LogP contribution in [0.2, 0.25) is 0 Å². The maximum Gasteiger partial charge on any atom is 0.128 e. The fraction of sp³-hybridized carbons (Fsp3) is 0.364. The van der Waals surface area contributed by atoms with Crippen molar-refractivity contribution >= 4 is 5.82 Å². The minimum absolute atomic E-state index is 0.457. The second kappa shape index (κ2) is 4.77. The van der Waals surface area contributed by atoms with Crippen molar-refractivity contribution in [1.29, 1.82) is 0 Å². The molecule has 0 fully saturated rings. The number of aliphatic hydroxyl groups is 1. The third-order valence-corrected chi connectivity index (χ3v) is 2.05. The largest absolute Gasteiger partial charge is 0.389 e. The predicted octanol–water partition coefficient (Wildman–Crippen LogP) is 1.76. The summed E-state index contributed by atoms with van der Waals surface area (Å²) in [4.78, 5) is 6.22. The minimum Gasteiger partial charge on any atom is -0.389 e. The van der Waals surface area contributed by atoms with Crippen LogP contribution in [0.5, 0.6) is 0 Å². The Morgan fingerprint density at radius 1 is 1.64 bits per heavy atom. The number of nitrogens with zero attached hydrogens (tertiary/aromatic N) is 2. The molecule has 1 aromatic heterocycles. The van der Waals surface area contributed by atoms with Crippen molar-refractivity contribution in [2.75, 3.05) is 18.5 Å². The molecule has 1 rings (SSSR count). The van der Waals surface area contributed by atoms with E-state index in [1.165, 1.54) is 0 Å². The third kappa shape index (κ3) is 2.57. The number of anilines is 1. The number of hydrogen-bond donors (Lipinski definition) is 1. The van der Waals surface area contributed by atoms with Crippen molar-refractivity contribution in [3.8, 4) is 0 Å². The number of rotatable bonds is 4. The van der Waals surface area contributed by atoms with Crippen LogP contribution in [-0.2, 0) is 0 Å². The molecule has 3 heteroatoms. The first kappa shape index (κ1) is 10.7. The Morgan fingerprint density at radius 3 is 2.79 bits per heavy atom. The second-order valence-corrected chi connectivity index (χ2v) is 3.29. The highest BCUT2D eigenvalue weighted by Gasteiger charge is 2.03. The van der Waals surface area contributed by atoms with E-state index in [4.69, 9.17) is 0 Å². The Labute approximate surface area is 84.7 Å². The lowest BCUT2D eigenvalue weighted by atomic mass is 10.2. The summed E-state index contributed by atoms with van der Waals surface area (Å²) in [6, 6.07) is 3.78. The summed E-state index contributed by atoms with van der Waals surface area (Å²) in [5.41, 5.74) is 0.834. The van der Waals surface area contributed by atoms with E-state index in [0.717, 1.165) is 17.9 Å². The Kier molecular flexibility index (Phi) is 3.65. The van der Waals surface area contributed by atoms with Crippen molar-refractivity contribution in [2.45, 2.75) is 13.0 Å². The molecule has 1 N–H and O–H groups in total. The minimum atomic E-state index is -0.457.